The van der Waals surface area contributed by atoms with E-state index < -0.39 is 48.9 Å². The van der Waals surface area contributed by atoms with Crippen LogP contribution in [0.4, 0.5) is 0 Å². The number of aliphatic hydroxyl groups excluding tert-OH is 1. The van der Waals surface area contributed by atoms with Gasteiger partial charge in [0.25, 0.3) is 0 Å². The summed E-state index contributed by atoms with van der Waals surface area (Å²) in [6.45, 7) is 7.01. The highest BCUT2D eigenvalue weighted by Crippen LogP contribution is 2.41. The molecule has 0 radical (unpaired) electrons. The molecule has 3 aromatic carbocycles. The number of hydrogen-bond acceptors (Lipinski definition) is 9. The number of benzene rings is 3. The summed E-state index contributed by atoms with van der Waals surface area (Å²) in [5, 5.41) is 10.2. The Labute approximate surface area is 265 Å². The predicted molar refractivity (Wildman–Crippen MR) is 165 cm³/mol. The molecule has 0 spiro atoms. The summed E-state index contributed by atoms with van der Waals surface area (Å²) >= 11 is 0. The topological polar surface area (TPSA) is 94.1 Å². The smallest absolute Gasteiger partial charge is 0.190 e. The molecule has 6 rings (SSSR count). The number of hydrogen-bond donors (Lipinski definition) is 1. The molecule has 0 aliphatic carbocycles. The second-order valence-corrected chi connectivity index (χ2v) is 12.4. The van der Waals surface area contributed by atoms with E-state index in [0.717, 1.165) is 16.7 Å². The van der Waals surface area contributed by atoms with E-state index >= 15 is 0 Å². The Balaban J connectivity index is 1.24. The molecule has 3 heterocycles. The Morgan fingerprint density at radius 2 is 1.22 bits per heavy atom. The van der Waals surface area contributed by atoms with Crippen molar-refractivity contribution in [3.8, 4) is 0 Å². The lowest BCUT2D eigenvalue weighted by atomic mass is 9.90. The highest BCUT2D eigenvalue weighted by molar-refractivity contribution is 5.15. The molecule has 0 saturated carbocycles. The van der Waals surface area contributed by atoms with Crippen LogP contribution in [0.25, 0.3) is 0 Å². The molecule has 9 heteroatoms. The third-order valence-electron chi connectivity index (χ3n) is 8.50. The minimum Gasteiger partial charge on any atom is -0.394 e. The first-order valence-corrected chi connectivity index (χ1v) is 15.8. The molecule has 9 atom stereocenters. The van der Waals surface area contributed by atoms with E-state index in [-0.39, 0.29) is 25.2 Å². The number of fused-ring (bicyclic) bond motifs is 1. The van der Waals surface area contributed by atoms with Gasteiger partial charge in [-0.15, -0.1) is 0 Å². The summed E-state index contributed by atoms with van der Waals surface area (Å²) < 4.78 is 50.9. The van der Waals surface area contributed by atoms with E-state index in [1.54, 1.807) is 0 Å². The lowest BCUT2D eigenvalue weighted by Crippen LogP contribution is -2.58. The van der Waals surface area contributed by atoms with Gasteiger partial charge in [-0.25, -0.2) is 0 Å². The van der Waals surface area contributed by atoms with Crippen LogP contribution in [0.5, 0.6) is 0 Å². The van der Waals surface area contributed by atoms with Crippen LogP contribution in [-0.4, -0.2) is 73.3 Å². The summed E-state index contributed by atoms with van der Waals surface area (Å²) in [7, 11) is 0. The normalized spacial score (nSPS) is 32.4. The van der Waals surface area contributed by atoms with Crippen LogP contribution in [-0.2, 0) is 57.7 Å². The summed E-state index contributed by atoms with van der Waals surface area (Å²) in [5.74, 6) is -0.991. The minimum absolute atomic E-state index is 0.149. The van der Waals surface area contributed by atoms with E-state index in [1.165, 1.54) is 0 Å². The van der Waals surface area contributed by atoms with Crippen LogP contribution in [0.2, 0.25) is 0 Å². The van der Waals surface area contributed by atoms with Gasteiger partial charge in [0.1, 0.15) is 30.5 Å². The molecule has 3 saturated heterocycles. The van der Waals surface area contributed by atoms with Crippen molar-refractivity contribution in [2.75, 3.05) is 13.2 Å². The van der Waals surface area contributed by atoms with Crippen LogP contribution in [0.3, 0.4) is 0 Å². The molecule has 1 N–H and O–H groups in total. The summed E-state index contributed by atoms with van der Waals surface area (Å²) in [4.78, 5) is 0. The third-order valence-corrected chi connectivity index (χ3v) is 8.50. The third kappa shape index (κ3) is 8.00. The number of aliphatic hydroxyl groups is 1. The first-order valence-electron chi connectivity index (χ1n) is 15.8. The molecule has 3 fully saturated rings. The van der Waals surface area contributed by atoms with Crippen molar-refractivity contribution in [1.82, 2.24) is 0 Å². The Morgan fingerprint density at radius 1 is 0.667 bits per heavy atom. The standard InChI is InChI=1S/C36H44O9/c1-24-30(39-21-26-15-9-5-10-16-26)29(23-38-20-25-13-7-4-8-14-25)42-34(31(24)40-22-27-17-11-6-12-18-27)43-32-28(19-37)41-35-33(32)44-36(2,3)45-35/h4-18,24,28-35,37H,19-23H2,1-3H3/t24-,28+,29?,30+,31?,32-,33+,34-,35+/m0/s1. The Bertz CT molecular complexity index is 1310. The summed E-state index contributed by atoms with van der Waals surface area (Å²) in [6, 6.07) is 30.1. The maximum absolute atomic E-state index is 10.2. The Kier molecular flexibility index (Phi) is 10.6. The van der Waals surface area contributed by atoms with Crippen LogP contribution >= 0.6 is 0 Å². The molecule has 3 aliphatic rings. The molecule has 45 heavy (non-hydrogen) atoms. The van der Waals surface area contributed by atoms with Crippen LogP contribution in [0.15, 0.2) is 91.0 Å². The molecule has 0 bridgehead atoms. The molecule has 9 nitrogen and oxygen atoms in total. The van der Waals surface area contributed by atoms with Crippen molar-refractivity contribution in [3.63, 3.8) is 0 Å². The van der Waals surface area contributed by atoms with E-state index in [9.17, 15) is 5.11 Å². The van der Waals surface area contributed by atoms with E-state index in [2.05, 4.69) is 6.92 Å². The van der Waals surface area contributed by atoms with Crippen molar-refractivity contribution in [1.29, 1.82) is 0 Å². The maximum atomic E-state index is 10.2. The highest BCUT2D eigenvalue weighted by Gasteiger charge is 2.57. The molecular formula is C36H44O9. The number of rotatable bonds is 13. The highest BCUT2D eigenvalue weighted by atomic mass is 16.9. The van der Waals surface area contributed by atoms with Crippen molar-refractivity contribution in [2.45, 2.75) is 95.6 Å². The van der Waals surface area contributed by atoms with E-state index in [0.29, 0.717) is 19.8 Å². The molecular weight excluding hydrogens is 576 g/mol. The van der Waals surface area contributed by atoms with Gasteiger partial charge in [0, 0.05) is 5.92 Å². The Morgan fingerprint density at radius 3 is 1.80 bits per heavy atom. The average Bonchev–Trinajstić information content (AvgIpc) is 3.53. The fraction of sp³-hybridized carbons (Fsp3) is 0.500. The van der Waals surface area contributed by atoms with Gasteiger partial charge in [0.2, 0.25) is 0 Å². The lowest BCUT2D eigenvalue weighted by Gasteiger charge is -2.46. The number of ether oxygens (including phenoxy) is 8. The summed E-state index contributed by atoms with van der Waals surface area (Å²) in [6.07, 6.45) is -4.63. The van der Waals surface area contributed by atoms with Gasteiger partial charge in [0.15, 0.2) is 18.4 Å². The largest absolute Gasteiger partial charge is 0.394 e. The van der Waals surface area contributed by atoms with Gasteiger partial charge < -0.3 is 43.0 Å². The lowest BCUT2D eigenvalue weighted by molar-refractivity contribution is -0.328. The summed E-state index contributed by atoms with van der Waals surface area (Å²) in [5.41, 5.74) is 3.17. The zero-order chi connectivity index (χ0) is 31.2. The second-order valence-electron chi connectivity index (χ2n) is 12.4. The zero-order valence-corrected chi connectivity index (χ0v) is 26.1. The van der Waals surface area contributed by atoms with Gasteiger partial charge in [-0.2, -0.15) is 0 Å². The predicted octanol–water partition coefficient (Wildman–Crippen LogP) is 4.99. The quantitative estimate of drug-likeness (QED) is 0.284. The van der Waals surface area contributed by atoms with Gasteiger partial charge >= 0.3 is 0 Å². The molecule has 0 amide bonds. The van der Waals surface area contributed by atoms with E-state index in [4.69, 9.17) is 37.9 Å². The van der Waals surface area contributed by atoms with Crippen molar-refractivity contribution in [3.05, 3.63) is 108 Å². The van der Waals surface area contributed by atoms with Crippen LogP contribution in [0, 0.1) is 5.92 Å². The molecule has 3 aromatic rings. The van der Waals surface area contributed by atoms with Crippen LogP contribution < -0.4 is 0 Å². The minimum atomic E-state index is -0.842. The molecule has 0 aromatic heterocycles. The fourth-order valence-electron chi connectivity index (χ4n) is 6.25. The SMILES string of the molecule is C[C@@H]1C(OCc2ccccc2)[C@H](O[C@@H]2[C@H]3OC(C)(C)O[C@H]3O[C@@H]2CO)OC(COCc2ccccc2)[C@@H]1OCc1ccccc1. The first-order chi connectivity index (χ1) is 21.9. The van der Waals surface area contributed by atoms with Crippen molar-refractivity contribution >= 4 is 0 Å². The fourth-order valence-corrected chi connectivity index (χ4v) is 6.25. The van der Waals surface area contributed by atoms with Crippen LogP contribution in [0.1, 0.15) is 37.5 Å². The van der Waals surface area contributed by atoms with Crippen molar-refractivity contribution in [2.24, 2.45) is 5.92 Å². The molecule has 2 unspecified atom stereocenters. The van der Waals surface area contributed by atoms with Gasteiger partial charge in [0.05, 0.1) is 39.1 Å². The Hall–Kier alpha value is -2.70. The van der Waals surface area contributed by atoms with Gasteiger partial charge in [-0.05, 0) is 30.5 Å². The molecule has 242 valence electrons. The van der Waals surface area contributed by atoms with Crippen molar-refractivity contribution < 1.29 is 43.0 Å². The van der Waals surface area contributed by atoms with Gasteiger partial charge in [-0.3, -0.25) is 0 Å². The average molecular weight is 621 g/mol. The second kappa shape index (κ2) is 14.8. The zero-order valence-electron chi connectivity index (χ0n) is 26.1. The monoisotopic (exact) mass is 620 g/mol. The maximum Gasteiger partial charge on any atom is 0.190 e. The van der Waals surface area contributed by atoms with Gasteiger partial charge in [-0.1, -0.05) is 97.9 Å². The first kappa shape index (κ1) is 32.2. The van der Waals surface area contributed by atoms with E-state index in [1.807, 2.05) is 105 Å². The molecule has 3 aliphatic heterocycles.